The van der Waals surface area contributed by atoms with Crippen molar-refractivity contribution in [3.8, 4) is 29.1 Å². The number of rotatable bonds is 4. The molecule has 4 aromatic rings. The maximum atomic E-state index is 17.5. The molecule has 1 N–H and O–H groups in total. The number of amides is 2. The molecule has 2 aromatic carbocycles. The molecule has 0 spiro atoms. The second kappa shape index (κ2) is 14.3. The number of benzene rings is 2. The summed E-state index contributed by atoms with van der Waals surface area (Å²) in [5.41, 5.74) is 0.127. The van der Waals surface area contributed by atoms with E-state index in [2.05, 4.69) is 21.3 Å². The molecule has 0 radical (unpaired) electrons. The van der Waals surface area contributed by atoms with Crippen molar-refractivity contribution in [3.63, 3.8) is 0 Å². The van der Waals surface area contributed by atoms with Crippen molar-refractivity contribution in [1.82, 2.24) is 30.1 Å². The van der Waals surface area contributed by atoms with Gasteiger partial charge in [0, 0.05) is 50.9 Å². The molecule has 4 saturated heterocycles. The lowest BCUT2D eigenvalue weighted by molar-refractivity contribution is 0.107. The maximum Gasteiger partial charge on any atom is 0.415 e. The second-order valence-corrected chi connectivity index (χ2v) is 16.2. The summed E-state index contributed by atoms with van der Waals surface area (Å²) in [6.45, 7) is 5.07. The first-order chi connectivity index (χ1) is 27.1. The van der Waals surface area contributed by atoms with E-state index in [1.807, 2.05) is 30.0 Å². The molecule has 13 nitrogen and oxygen atoms in total. The maximum absolute atomic E-state index is 17.5. The molecule has 6 bridgehead atoms. The molecule has 0 saturated carbocycles. The first-order valence-corrected chi connectivity index (χ1v) is 19.6. The van der Waals surface area contributed by atoms with Crippen LogP contribution in [0.1, 0.15) is 57.4 Å². The third-order valence-electron chi connectivity index (χ3n) is 12.2. The van der Waals surface area contributed by atoms with Gasteiger partial charge in [-0.15, -0.1) is 0 Å². The van der Waals surface area contributed by atoms with Crippen LogP contribution in [0, 0.1) is 23.1 Å². The summed E-state index contributed by atoms with van der Waals surface area (Å²) < 4.78 is 50.1. The van der Waals surface area contributed by atoms with E-state index in [0.29, 0.717) is 85.8 Å². The number of halogens is 2. The quantitative estimate of drug-likeness (QED) is 0.249. The summed E-state index contributed by atoms with van der Waals surface area (Å²) in [5.74, 6) is -0.343. The van der Waals surface area contributed by atoms with Crippen molar-refractivity contribution >= 4 is 39.7 Å². The highest BCUT2D eigenvalue weighted by Crippen LogP contribution is 2.42. The minimum Gasteiger partial charge on any atom is -0.461 e. The minimum atomic E-state index is -0.945. The number of fused-ring (bicyclic) bond motifs is 7. The number of aromatic nitrogens is 3. The largest absolute Gasteiger partial charge is 0.461 e. The molecule has 292 valence electrons. The Balaban J connectivity index is 1.19. The number of piperidine rings is 1. The summed E-state index contributed by atoms with van der Waals surface area (Å²) in [4.78, 5) is 46.4. The number of hydrogen-bond donors (Lipinski definition) is 1. The summed E-state index contributed by atoms with van der Waals surface area (Å²) in [6, 6.07) is 11.2. The Morgan fingerprint density at radius 3 is 2.88 bits per heavy atom. The SMILES string of the molecule is C[C@@]12CCCN(C1)c1nc(OC[C@@]34CCCN3C[C@H](F)C4)nc3c(F)c(ncc13)-c1cc(OC(=O)N3CC[C@H](C#N)C3)cc3cccc(c13)CCCOC(=O)N2. The van der Waals surface area contributed by atoms with Crippen LogP contribution in [0.2, 0.25) is 0 Å². The average Bonchev–Trinajstić information content (AvgIpc) is 3.90. The van der Waals surface area contributed by atoms with Gasteiger partial charge in [-0.25, -0.2) is 18.4 Å². The number of aryl methyl sites for hydroxylation is 1. The van der Waals surface area contributed by atoms with E-state index >= 15 is 4.39 Å². The highest BCUT2D eigenvalue weighted by Gasteiger charge is 2.49. The lowest BCUT2D eigenvalue weighted by atomic mass is 9.91. The topological polar surface area (TPSA) is 146 Å². The Morgan fingerprint density at radius 2 is 2.02 bits per heavy atom. The summed E-state index contributed by atoms with van der Waals surface area (Å²) in [6.07, 6.45) is 4.59. The standard InChI is InChI=1S/C41H44F2N8O5/c1-40-10-4-12-50(23-40)36-31-20-45-34(33(43)35(31)46-37(47-36)55-24-41-11-5-13-51(41)22-28(42)18-41)30-17-29(56-39(53)49-14-9-25(19-44)21-49)16-27-7-2-6-26(32(27)30)8-3-15-54-38(52)48-40/h2,6-7,16-17,20,25,28H,3-5,8-15,18,21-24H2,1H3,(H,48,52)/t25-,28-,40-,41+/m1/s1. The third-order valence-corrected chi connectivity index (χ3v) is 12.2. The number of ether oxygens (including phenoxy) is 3. The van der Waals surface area contributed by atoms with Crippen LogP contribution in [0.3, 0.4) is 0 Å². The fourth-order valence-corrected chi connectivity index (χ4v) is 9.52. The number of carbonyl (C=O) groups is 2. The molecule has 6 aliphatic rings. The number of hydrogen-bond acceptors (Lipinski definition) is 11. The van der Waals surface area contributed by atoms with E-state index in [0.717, 1.165) is 31.4 Å². The predicted octanol–water partition coefficient (Wildman–Crippen LogP) is 6.31. The zero-order valence-electron chi connectivity index (χ0n) is 31.4. The summed E-state index contributed by atoms with van der Waals surface area (Å²) >= 11 is 0. The molecule has 6 aliphatic heterocycles. The van der Waals surface area contributed by atoms with Crippen molar-refractivity contribution in [2.45, 2.75) is 75.5 Å². The Bertz CT molecular complexity index is 2270. The Hall–Kier alpha value is -5.36. The molecule has 2 aromatic heterocycles. The van der Waals surface area contributed by atoms with Gasteiger partial charge in [0.25, 0.3) is 0 Å². The number of nitrogens with zero attached hydrogens (tertiary/aromatic N) is 7. The Labute approximate surface area is 322 Å². The fraction of sp³-hybridized carbons (Fsp3) is 0.512. The highest BCUT2D eigenvalue weighted by atomic mass is 19.1. The third kappa shape index (κ3) is 6.67. The van der Waals surface area contributed by atoms with Crippen LogP contribution in [-0.4, -0.2) is 107 Å². The average molecular weight is 767 g/mol. The fourth-order valence-electron chi connectivity index (χ4n) is 9.52. The lowest BCUT2D eigenvalue weighted by Crippen LogP contribution is -2.57. The Kier molecular flexibility index (Phi) is 9.26. The van der Waals surface area contributed by atoms with Crippen LogP contribution in [0.15, 0.2) is 36.5 Å². The van der Waals surface area contributed by atoms with Crippen molar-refractivity contribution in [2.75, 3.05) is 57.4 Å². The summed E-state index contributed by atoms with van der Waals surface area (Å²) in [5, 5.41) is 14.2. The zero-order chi connectivity index (χ0) is 38.6. The molecule has 0 unspecified atom stereocenters. The lowest BCUT2D eigenvalue weighted by Gasteiger charge is -2.41. The van der Waals surface area contributed by atoms with Gasteiger partial charge < -0.3 is 29.3 Å². The molecule has 56 heavy (non-hydrogen) atoms. The van der Waals surface area contributed by atoms with Gasteiger partial charge in [0.1, 0.15) is 35.6 Å². The van der Waals surface area contributed by atoms with Crippen molar-refractivity contribution in [2.24, 2.45) is 5.92 Å². The molecule has 4 fully saturated rings. The van der Waals surface area contributed by atoms with Gasteiger partial charge in [-0.1, -0.05) is 18.2 Å². The van der Waals surface area contributed by atoms with Gasteiger partial charge in [0.2, 0.25) is 0 Å². The summed E-state index contributed by atoms with van der Waals surface area (Å²) in [7, 11) is 0. The van der Waals surface area contributed by atoms with Crippen molar-refractivity contribution < 1.29 is 32.6 Å². The van der Waals surface area contributed by atoms with E-state index in [-0.39, 0.29) is 48.6 Å². The number of likely N-dealkylation sites (tertiary alicyclic amines) is 1. The van der Waals surface area contributed by atoms with Gasteiger partial charge in [-0.05, 0) is 86.9 Å². The van der Waals surface area contributed by atoms with Gasteiger partial charge in [0.15, 0.2) is 5.82 Å². The van der Waals surface area contributed by atoms with E-state index in [9.17, 15) is 19.2 Å². The van der Waals surface area contributed by atoms with E-state index in [1.165, 1.54) is 4.90 Å². The number of carbonyl (C=O) groups excluding carboxylic acids is 2. The van der Waals surface area contributed by atoms with E-state index < -0.39 is 35.3 Å². The molecule has 2 amide bonds. The number of nitriles is 1. The van der Waals surface area contributed by atoms with Gasteiger partial charge >= 0.3 is 18.2 Å². The molecule has 0 aliphatic carbocycles. The van der Waals surface area contributed by atoms with Crippen molar-refractivity contribution in [1.29, 1.82) is 5.26 Å². The first kappa shape index (κ1) is 36.3. The molecule has 15 heteroatoms. The molecular weight excluding hydrogens is 722 g/mol. The number of alkyl halides is 1. The van der Waals surface area contributed by atoms with Gasteiger partial charge in [-0.3, -0.25) is 9.88 Å². The van der Waals surface area contributed by atoms with Crippen LogP contribution >= 0.6 is 0 Å². The van der Waals surface area contributed by atoms with Crippen molar-refractivity contribution in [3.05, 3.63) is 47.9 Å². The molecule has 8 heterocycles. The van der Waals surface area contributed by atoms with Crippen LogP contribution in [-0.2, 0) is 11.2 Å². The number of anilines is 1. The molecular formula is C41H44F2N8O5. The number of pyridine rings is 1. The first-order valence-electron chi connectivity index (χ1n) is 19.6. The second-order valence-electron chi connectivity index (χ2n) is 16.2. The smallest absolute Gasteiger partial charge is 0.415 e. The monoisotopic (exact) mass is 766 g/mol. The van der Waals surface area contributed by atoms with Crippen LogP contribution in [0.5, 0.6) is 11.8 Å². The van der Waals surface area contributed by atoms with Gasteiger partial charge in [-0.2, -0.15) is 15.2 Å². The van der Waals surface area contributed by atoms with Crippen LogP contribution in [0.25, 0.3) is 32.9 Å². The number of alkyl carbamates (subject to hydrolysis) is 1. The zero-order valence-corrected chi connectivity index (χ0v) is 31.4. The van der Waals surface area contributed by atoms with Gasteiger partial charge in [0.05, 0.1) is 35.1 Å². The Morgan fingerprint density at radius 1 is 1.14 bits per heavy atom. The predicted molar refractivity (Wildman–Crippen MR) is 203 cm³/mol. The normalized spacial score (nSPS) is 26.6. The molecule has 10 rings (SSSR count). The molecule has 4 atom stereocenters. The highest BCUT2D eigenvalue weighted by molar-refractivity contribution is 6.02. The number of nitrogens with one attached hydrogen (secondary N) is 1. The van der Waals surface area contributed by atoms with Crippen LogP contribution in [0.4, 0.5) is 24.2 Å². The minimum absolute atomic E-state index is 0.00201. The van der Waals surface area contributed by atoms with Crippen LogP contribution < -0.4 is 19.7 Å². The van der Waals surface area contributed by atoms with E-state index in [1.54, 1.807) is 18.3 Å². The van der Waals surface area contributed by atoms with E-state index in [4.69, 9.17) is 24.2 Å².